The summed E-state index contributed by atoms with van der Waals surface area (Å²) in [7, 11) is -2.17. The fourth-order valence-electron chi connectivity index (χ4n) is 0. The van der Waals surface area contributed by atoms with E-state index in [-0.39, 0.29) is 64.9 Å². The Hall–Kier alpha value is -0.286. The normalized spacial score (nSPS) is 1.80. The molecule has 0 fully saturated rings. The second kappa shape index (κ2) is 301. The molecular weight excluding hydrogens is 228 g/mol. The maximum atomic E-state index is 7.17. The van der Waals surface area contributed by atoms with Gasteiger partial charge in [-0.3, -0.25) is 0 Å². The first-order valence-electron chi connectivity index (χ1n) is 0.775. The van der Waals surface area contributed by atoms with Crippen LogP contribution in [0, 0.1) is 0 Å². The van der Waals surface area contributed by atoms with Gasteiger partial charge in [-0.2, -0.15) is 0 Å². The second-order valence-electron chi connectivity index (χ2n) is 0.346. The molecule has 108 valence electrons. The van der Waals surface area contributed by atoms with Crippen LogP contribution in [0.25, 0.3) is 0 Å². The summed E-state index contributed by atoms with van der Waals surface area (Å²) in [5.74, 6) is 0. The van der Waals surface area contributed by atoms with Crippen LogP contribution in [0.5, 0.6) is 0 Å². The van der Waals surface area contributed by atoms with Gasteiger partial charge < -0.3 is 69.8 Å². The molecule has 0 aliphatic rings. The Balaban J connectivity index is -0.000000000818. The van der Waals surface area contributed by atoms with Gasteiger partial charge in [0.05, 0.1) is 0 Å². The van der Waals surface area contributed by atoms with E-state index in [1.165, 1.54) is 0 Å². The second-order valence-corrected chi connectivity index (χ2v) is 0.346. The monoisotopic (exact) mass is 253 g/mol. The van der Waals surface area contributed by atoms with Crippen LogP contribution in [0.4, 0.5) is 0 Å². The Bertz CT molecular complexity index is 15.3. The standard InChI is InChI=1S/BH3O3.Be.10H2O.2H/c2-1(3)4;;;;;;;;;;;;;/h2-4H;;10*1H2;;. The summed E-state index contributed by atoms with van der Waals surface area (Å²) in [6, 6.07) is 0. The third-order valence-corrected chi connectivity index (χ3v) is 0. The Kier molecular flexibility index (Phi) is 7540. The average Bonchev–Trinajstić information content (AvgIpc) is 0.811. The molecular formula is H25BBeO13. The van der Waals surface area contributed by atoms with Gasteiger partial charge in [0.1, 0.15) is 0 Å². The fourth-order valence-corrected chi connectivity index (χ4v) is 0. The molecule has 0 bridgehead atoms. The summed E-state index contributed by atoms with van der Waals surface area (Å²) in [5, 5.41) is 21.5. The summed E-state index contributed by atoms with van der Waals surface area (Å²) in [6.45, 7) is 0. The van der Waals surface area contributed by atoms with Crippen LogP contribution in [0.2, 0.25) is 0 Å². The molecule has 0 unspecified atom stereocenters. The van der Waals surface area contributed by atoms with Gasteiger partial charge in [0.15, 0.2) is 0 Å². The van der Waals surface area contributed by atoms with E-state index in [0.717, 1.165) is 0 Å². The van der Waals surface area contributed by atoms with Gasteiger partial charge in [-0.15, -0.1) is 0 Å². The van der Waals surface area contributed by atoms with E-state index in [4.69, 9.17) is 15.1 Å². The van der Waals surface area contributed by atoms with Crippen LogP contribution >= 0.6 is 0 Å². The van der Waals surface area contributed by atoms with E-state index in [9.17, 15) is 0 Å². The molecule has 0 saturated carbocycles. The molecule has 13 nitrogen and oxygen atoms in total. The van der Waals surface area contributed by atoms with E-state index in [1.54, 1.807) is 0 Å². The number of hydrogen-bond donors (Lipinski definition) is 3. The van der Waals surface area contributed by atoms with Gasteiger partial charge in [0.2, 0.25) is 0 Å². The van der Waals surface area contributed by atoms with Crippen LogP contribution in [0.3, 0.4) is 0 Å². The molecule has 0 aliphatic carbocycles. The molecule has 15 heavy (non-hydrogen) atoms. The number of hydrogen-bond acceptors (Lipinski definition) is 3. The average molecular weight is 253 g/mol. The third kappa shape index (κ3) is 23000. The van der Waals surface area contributed by atoms with Crippen molar-refractivity contribution in [1.29, 1.82) is 0 Å². The van der Waals surface area contributed by atoms with Gasteiger partial charge in [0, 0.05) is 0 Å². The van der Waals surface area contributed by atoms with E-state index in [2.05, 4.69) is 0 Å². The van der Waals surface area contributed by atoms with Crippen LogP contribution in [-0.4, -0.2) is 87.3 Å². The SMILES string of the molecule is O.O.O.O.O.O.O.O.O.O.OB(O)O.[BeH2]. The van der Waals surface area contributed by atoms with Crippen molar-refractivity contribution >= 4 is 17.4 Å². The molecule has 0 spiro atoms. The van der Waals surface area contributed by atoms with Crippen LogP contribution in [0.15, 0.2) is 0 Å². The zero-order valence-corrected chi connectivity index (χ0v) is 6.92. The van der Waals surface area contributed by atoms with Crippen molar-refractivity contribution in [3.8, 4) is 0 Å². The van der Waals surface area contributed by atoms with Gasteiger partial charge >= 0.3 is 17.4 Å². The van der Waals surface area contributed by atoms with Crippen molar-refractivity contribution < 1.29 is 69.8 Å². The Morgan fingerprint density at radius 3 is 0.400 bits per heavy atom. The van der Waals surface area contributed by atoms with Crippen LogP contribution in [-0.2, 0) is 0 Å². The molecule has 0 amide bonds. The molecule has 15 heteroatoms. The van der Waals surface area contributed by atoms with Gasteiger partial charge in [-0.05, 0) is 0 Å². The van der Waals surface area contributed by atoms with Crippen LogP contribution < -0.4 is 0 Å². The van der Waals surface area contributed by atoms with Crippen molar-refractivity contribution in [2.75, 3.05) is 0 Å². The van der Waals surface area contributed by atoms with Crippen molar-refractivity contribution in [2.24, 2.45) is 0 Å². The summed E-state index contributed by atoms with van der Waals surface area (Å²) < 4.78 is 0. The molecule has 0 aromatic heterocycles. The quantitative estimate of drug-likeness (QED) is 0.353. The van der Waals surface area contributed by atoms with Crippen molar-refractivity contribution in [1.82, 2.24) is 0 Å². The molecule has 0 aliphatic heterocycles. The number of rotatable bonds is 0. The molecule has 0 rings (SSSR count). The Morgan fingerprint density at radius 1 is 0.400 bits per heavy atom. The van der Waals surface area contributed by atoms with Crippen molar-refractivity contribution in [3.05, 3.63) is 0 Å². The minimum atomic E-state index is -2.17. The Morgan fingerprint density at radius 2 is 0.400 bits per heavy atom. The zero-order valence-electron chi connectivity index (χ0n) is 6.92. The molecule has 0 aromatic rings. The predicted molar refractivity (Wildman–Crippen MR) is 57.1 cm³/mol. The molecule has 0 aromatic carbocycles. The summed E-state index contributed by atoms with van der Waals surface area (Å²) in [4.78, 5) is 0. The zero-order chi connectivity index (χ0) is 3.58. The van der Waals surface area contributed by atoms with Crippen LogP contribution in [0.1, 0.15) is 0 Å². The van der Waals surface area contributed by atoms with Crippen molar-refractivity contribution in [2.45, 2.75) is 0 Å². The molecule has 0 heterocycles. The first-order chi connectivity index (χ1) is 1.73. The third-order valence-electron chi connectivity index (χ3n) is 0. The Labute approximate surface area is 88.5 Å². The first-order valence-corrected chi connectivity index (χ1v) is 0.775. The van der Waals surface area contributed by atoms with Gasteiger partial charge in [-0.25, -0.2) is 0 Å². The summed E-state index contributed by atoms with van der Waals surface area (Å²) in [5.41, 5.74) is 0. The maximum absolute atomic E-state index is 7.17. The van der Waals surface area contributed by atoms with E-state index in [1.807, 2.05) is 0 Å². The topological polar surface area (TPSA) is 376 Å². The van der Waals surface area contributed by atoms with E-state index in [0.29, 0.717) is 0 Å². The van der Waals surface area contributed by atoms with E-state index < -0.39 is 7.32 Å². The van der Waals surface area contributed by atoms with Gasteiger partial charge in [0.25, 0.3) is 0 Å². The minimum absolute atomic E-state index is 0. The molecule has 23 N–H and O–H groups in total. The van der Waals surface area contributed by atoms with Gasteiger partial charge in [-0.1, -0.05) is 0 Å². The first kappa shape index (κ1) is 376. The summed E-state index contributed by atoms with van der Waals surface area (Å²) >= 11 is 0. The molecule has 0 atom stereocenters. The fraction of sp³-hybridized carbons (Fsp3) is 0. The summed E-state index contributed by atoms with van der Waals surface area (Å²) in [6.07, 6.45) is 0. The predicted octanol–water partition coefficient (Wildman–Crippen LogP) is -11.2. The molecule has 0 radical (unpaired) electrons. The van der Waals surface area contributed by atoms with E-state index >= 15 is 0 Å². The van der Waals surface area contributed by atoms with Crippen molar-refractivity contribution in [3.63, 3.8) is 0 Å². The molecule has 0 saturated heterocycles.